The van der Waals surface area contributed by atoms with E-state index in [1.807, 2.05) is 26.0 Å². The van der Waals surface area contributed by atoms with Crippen LogP contribution in [0.15, 0.2) is 30.5 Å². The Hall–Kier alpha value is -2.83. The molecule has 7 heteroatoms. The fourth-order valence-electron chi connectivity index (χ4n) is 1.94. The van der Waals surface area contributed by atoms with Gasteiger partial charge in [0.05, 0.1) is 5.69 Å². The van der Waals surface area contributed by atoms with E-state index < -0.39 is 5.97 Å². The highest BCUT2D eigenvalue weighted by atomic mass is 16.5. The molecule has 0 aromatic carbocycles. The van der Waals surface area contributed by atoms with E-state index in [0.29, 0.717) is 11.5 Å². The Morgan fingerprint density at radius 1 is 1.29 bits per heavy atom. The van der Waals surface area contributed by atoms with Crippen LogP contribution in [0.4, 0.5) is 0 Å². The van der Waals surface area contributed by atoms with E-state index in [1.54, 1.807) is 18.3 Å². The minimum absolute atomic E-state index is 0.00729. The molecule has 106 valence electrons. The van der Waals surface area contributed by atoms with Crippen LogP contribution in [0.2, 0.25) is 0 Å². The van der Waals surface area contributed by atoms with Gasteiger partial charge in [0.15, 0.2) is 0 Å². The summed E-state index contributed by atoms with van der Waals surface area (Å²) in [5.41, 5.74) is 2.34. The molecule has 0 saturated heterocycles. The molecule has 0 unspecified atom stereocenters. The number of ether oxygens (including phenoxy) is 1. The van der Waals surface area contributed by atoms with E-state index in [0.717, 1.165) is 11.4 Å². The lowest BCUT2D eigenvalue weighted by molar-refractivity contribution is 0.0453. The molecule has 3 heterocycles. The maximum atomic E-state index is 12.0. The molecule has 0 saturated carbocycles. The molecule has 0 amide bonds. The van der Waals surface area contributed by atoms with Crippen LogP contribution in [-0.4, -0.2) is 30.5 Å². The molecule has 0 bridgehead atoms. The molecule has 0 spiro atoms. The average Bonchev–Trinajstić information content (AvgIpc) is 2.90. The summed E-state index contributed by atoms with van der Waals surface area (Å²) in [5, 5.41) is 4.11. The van der Waals surface area contributed by atoms with E-state index >= 15 is 0 Å². The van der Waals surface area contributed by atoms with Gasteiger partial charge in [-0.05, 0) is 32.0 Å². The predicted octanol–water partition coefficient (Wildman–Crippen LogP) is 1.49. The third kappa shape index (κ3) is 2.71. The summed E-state index contributed by atoms with van der Waals surface area (Å²) in [7, 11) is 0. The minimum atomic E-state index is -0.594. The molecule has 0 aliphatic heterocycles. The van der Waals surface area contributed by atoms with Crippen molar-refractivity contribution in [1.29, 1.82) is 0 Å². The number of nitrogens with zero attached hydrogens (tertiary/aromatic N) is 5. The molecule has 0 fully saturated rings. The number of esters is 1. The lowest BCUT2D eigenvalue weighted by Gasteiger charge is -2.00. The van der Waals surface area contributed by atoms with Gasteiger partial charge >= 0.3 is 5.97 Å². The van der Waals surface area contributed by atoms with Gasteiger partial charge in [-0.15, -0.1) is 5.10 Å². The normalized spacial score (nSPS) is 10.8. The number of rotatable bonds is 3. The lowest BCUT2D eigenvalue weighted by atomic mass is 10.4. The number of aromatic nitrogens is 5. The van der Waals surface area contributed by atoms with E-state index in [-0.39, 0.29) is 12.4 Å². The number of carbonyl (C=O) groups is 1. The first-order chi connectivity index (χ1) is 10.1. The molecule has 3 rings (SSSR count). The van der Waals surface area contributed by atoms with Gasteiger partial charge < -0.3 is 4.74 Å². The first kappa shape index (κ1) is 13.2. The lowest BCUT2D eigenvalue weighted by Crippen LogP contribution is -2.08. The SMILES string of the molecule is Cc1cc(C)n2nc(C(=O)OCc3ccccn3)nc2n1. The summed E-state index contributed by atoms with van der Waals surface area (Å²) in [5.74, 6) is -0.215. The van der Waals surface area contributed by atoms with Crippen LogP contribution in [0.1, 0.15) is 27.7 Å². The second-order valence-electron chi connectivity index (χ2n) is 4.58. The van der Waals surface area contributed by atoms with E-state index in [4.69, 9.17) is 4.74 Å². The molecular weight excluding hydrogens is 270 g/mol. The van der Waals surface area contributed by atoms with Crippen LogP contribution >= 0.6 is 0 Å². The average molecular weight is 283 g/mol. The van der Waals surface area contributed by atoms with Gasteiger partial charge in [-0.1, -0.05) is 6.07 Å². The smallest absolute Gasteiger partial charge is 0.378 e. The highest BCUT2D eigenvalue weighted by molar-refractivity contribution is 5.85. The first-order valence-corrected chi connectivity index (χ1v) is 6.41. The molecule has 0 N–H and O–H groups in total. The van der Waals surface area contributed by atoms with Crippen molar-refractivity contribution in [3.63, 3.8) is 0 Å². The third-order valence-electron chi connectivity index (χ3n) is 2.88. The molecule has 21 heavy (non-hydrogen) atoms. The Bertz CT molecular complexity index is 798. The van der Waals surface area contributed by atoms with Crippen molar-refractivity contribution in [2.45, 2.75) is 20.5 Å². The first-order valence-electron chi connectivity index (χ1n) is 6.41. The number of hydrogen-bond acceptors (Lipinski definition) is 6. The zero-order valence-electron chi connectivity index (χ0n) is 11.6. The van der Waals surface area contributed by atoms with Crippen LogP contribution in [-0.2, 0) is 11.3 Å². The molecule has 0 radical (unpaired) electrons. The largest absolute Gasteiger partial charge is 0.453 e. The molecule has 3 aromatic heterocycles. The standard InChI is InChI=1S/C14H13N5O2/c1-9-7-10(2)19-14(16-9)17-12(18-19)13(20)21-8-11-5-3-4-6-15-11/h3-7H,8H2,1-2H3. The zero-order valence-corrected chi connectivity index (χ0v) is 11.6. The van der Waals surface area contributed by atoms with Crippen LogP contribution in [0.25, 0.3) is 5.78 Å². The number of pyridine rings is 1. The molecular formula is C14H13N5O2. The van der Waals surface area contributed by atoms with Gasteiger partial charge in [0.25, 0.3) is 11.6 Å². The van der Waals surface area contributed by atoms with Crippen LogP contribution < -0.4 is 0 Å². The van der Waals surface area contributed by atoms with Crippen LogP contribution in [0.5, 0.6) is 0 Å². The van der Waals surface area contributed by atoms with Crippen molar-refractivity contribution in [3.05, 3.63) is 53.4 Å². The topological polar surface area (TPSA) is 82.3 Å². The van der Waals surface area contributed by atoms with E-state index in [2.05, 4.69) is 20.1 Å². The molecule has 3 aromatic rings. The second kappa shape index (κ2) is 5.28. The van der Waals surface area contributed by atoms with Gasteiger partial charge in [0.2, 0.25) is 0 Å². The van der Waals surface area contributed by atoms with Crippen molar-refractivity contribution >= 4 is 11.7 Å². The third-order valence-corrected chi connectivity index (χ3v) is 2.88. The summed E-state index contributed by atoms with van der Waals surface area (Å²) in [6.45, 7) is 3.82. The second-order valence-corrected chi connectivity index (χ2v) is 4.58. The Morgan fingerprint density at radius 2 is 2.14 bits per heavy atom. The van der Waals surface area contributed by atoms with Gasteiger partial charge in [0, 0.05) is 17.6 Å². The van der Waals surface area contributed by atoms with Crippen molar-refractivity contribution in [3.8, 4) is 0 Å². The summed E-state index contributed by atoms with van der Waals surface area (Å²) < 4.78 is 6.66. The quantitative estimate of drug-likeness (QED) is 0.677. The maximum absolute atomic E-state index is 12.0. The van der Waals surface area contributed by atoms with Crippen LogP contribution in [0.3, 0.4) is 0 Å². The Morgan fingerprint density at radius 3 is 2.90 bits per heavy atom. The molecule has 0 aliphatic carbocycles. The van der Waals surface area contributed by atoms with Crippen molar-refractivity contribution in [1.82, 2.24) is 24.6 Å². The molecule has 0 aliphatic rings. The number of aryl methyl sites for hydroxylation is 2. The van der Waals surface area contributed by atoms with Crippen molar-refractivity contribution < 1.29 is 9.53 Å². The van der Waals surface area contributed by atoms with Gasteiger partial charge in [-0.3, -0.25) is 4.98 Å². The highest BCUT2D eigenvalue weighted by Gasteiger charge is 2.16. The molecule has 7 nitrogen and oxygen atoms in total. The highest BCUT2D eigenvalue weighted by Crippen LogP contribution is 2.07. The summed E-state index contributed by atoms with van der Waals surface area (Å²) >= 11 is 0. The van der Waals surface area contributed by atoms with Crippen molar-refractivity contribution in [2.24, 2.45) is 0 Å². The summed E-state index contributed by atoms with van der Waals surface area (Å²) in [4.78, 5) is 24.4. The van der Waals surface area contributed by atoms with Gasteiger partial charge in [-0.2, -0.15) is 4.98 Å². The van der Waals surface area contributed by atoms with Crippen LogP contribution in [0, 0.1) is 13.8 Å². The van der Waals surface area contributed by atoms with Crippen molar-refractivity contribution in [2.75, 3.05) is 0 Å². The van der Waals surface area contributed by atoms with E-state index in [9.17, 15) is 4.79 Å². The number of carbonyl (C=O) groups excluding carboxylic acids is 1. The fourth-order valence-corrected chi connectivity index (χ4v) is 1.94. The van der Waals surface area contributed by atoms with Gasteiger partial charge in [-0.25, -0.2) is 14.3 Å². The maximum Gasteiger partial charge on any atom is 0.378 e. The summed E-state index contributed by atoms with van der Waals surface area (Å²) in [6.07, 6.45) is 1.64. The van der Waals surface area contributed by atoms with Gasteiger partial charge in [0.1, 0.15) is 6.61 Å². The van der Waals surface area contributed by atoms with E-state index in [1.165, 1.54) is 4.52 Å². The number of hydrogen-bond donors (Lipinski definition) is 0. The Balaban J connectivity index is 1.80. The summed E-state index contributed by atoms with van der Waals surface area (Å²) in [6, 6.07) is 7.27. The fraction of sp³-hybridized carbons (Fsp3) is 0.214. The Kier molecular flexibility index (Phi) is 3.31. The molecule has 0 atom stereocenters. The monoisotopic (exact) mass is 283 g/mol. The predicted molar refractivity (Wildman–Crippen MR) is 73.6 cm³/mol. The Labute approximate surface area is 120 Å². The zero-order chi connectivity index (χ0) is 14.8. The number of fused-ring (bicyclic) bond motifs is 1. The minimum Gasteiger partial charge on any atom is -0.453 e.